The average molecular weight is 429 g/mol. The summed E-state index contributed by atoms with van der Waals surface area (Å²) < 4.78 is 7.07. The van der Waals surface area contributed by atoms with Crippen LogP contribution < -0.4 is 5.32 Å². The van der Waals surface area contributed by atoms with E-state index in [0.29, 0.717) is 28.8 Å². The predicted molar refractivity (Wildman–Crippen MR) is 121 cm³/mol. The van der Waals surface area contributed by atoms with Crippen molar-refractivity contribution >= 4 is 39.6 Å². The number of hydrogen-bond acceptors (Lipinski definition) is 5. The highest BCUT2D eigenvalue weighted by Gasteiger charge is 2.20. The summed E-state index contributed by atoms with van der Waals surface area (Å²) in [5.41, 5.74) is 3.72. The van der Waals surface area contributed by atoms with Crippen LogP contribution in [0.4, 0.5) is 5.00 Å². The first kappa shape index (κ1) is 21.0. The number of nitrogens with one attached hydrogen (secondary N) is 1. The molecule has 0 aliphatic heterocycles. The largest absolute Gasteiger partial charge is 0.462 e. The molecular formula is C21H24N4O2S2. The Morgan fingerprint density at radius 3 is 2.69 bits per heavy atom. The van der Waals surface area contributed by atoms with Crippen molar-refractivity contribution in [3.05, 3.63) is 59.4 Å². The Hall–Kier alpha value is -2.71. The molecule has 29 heavy (non-hydrogen) atoms. The van der Waals surface area contributed by atoms with Gasteiger partial charge in [0.05, 0.1) is 18.4 Å². The van der Waals surface area contributed by atoms with Gasteiger partial charge in [0.1, 0.15) is 5.00 Å². The number of rotatable bonds is 6. The Morgan fingerprint density at radius 2 is 2.07 bits per heavy atom. The standard InChI is InChI=1S/C21H24N4O2S2/c1-5-27-20(26)17-11-18(15-9-7-6-8-10-15)29-19(17)23-21(28)24(3)13-16-12-22-25(4)14(16)2/h6-12H,5,13H2,1-4H3,(H,23,28). The van der Waals surface area contributed by atoms with Crippen LogP contribution in [0.1, 0.15) is 28.5 Å². The van der Waals surface area contributed by atoms with E-state index in [9.17, 15) is 4.79 Å². The van der Waals surface area contributed by atoms with E-state index in [0.717, 1.165) is 21.7 Å². The van der Waals surface area contributed by atoms with Crippen LogP contribution in [0.5, 0.6) is 0 Å². The minimum Gasteiger partial charge on any atom is -0.462 e. The molecule has 0 fully saturated rings. The van der Waals surface area contributed by atoms with Gasteiger partial charge in [0.15, 0.2) is 5.11 Å². The van der Waals surface area contributed by atoms with Gasteiger partial charge in [-0.15, -0.1) is 11.3 Å². The second-order valence-corrected chi connectivity index (χ2v) is 8.04. The van der Waals surface area contributed by atoms with Gasteiger partial charge >= 0.3 is 5.97 Å². The van der Waals surface area contributed by atoms with E-state index < -0.39 is 0 Å². The maximum atomic E-state index is 12.5. The molecule has 0 unspecified atom stereocenters. The smallest absolute Gasteiger partial charge is 0.341 e. The van der Waals surface area contributed by atoms with Crippen molar-refractivity contribution in [2.75, 3.05) is 19.0 Å². The number of anilines is 1. The van der Waals surface area contributed by atoms with E-state index in [1.807, 2.05) is 73.2 Å². The molecule has 0 aliphatic rings. The number of benzene rings is 1. The van der Waals surface area contributed by atoms with Crippen molar-refractivity contribution in [2.24, 2.45) is 7.05 Å². The lowest BCUT2D eigenvalue weighted by Crippen LogP contribution is -2.31. The average Bonchev–Trinajstić information content (AvgIpc) is 3.27. The molecule has 3 aromatic rings. The number of esters is 1. The van der Waals surface area contributed by atoms with Crippen LogP contribution in [0.15, 0.2) is 42.6 Å². The van der Waals surface area contributed by atoms with Crippen molar-refractivity contribution in [2.45, 2.75) is 20.4 Å². The fourth-order valence-electron chi connectivity index (χ4n) is 2.81. The maximum absolute atomic E-state index is 12.5. The molecule has 1 N–H and O–H groups in total. The molecule has 0 saturated heterocycles. The fourth-order valence-corrected chi connectivity index (χ4v) is 4.09. The predicted octanol–water partition coefficient (Wildman–Crippen LogP) is 4.46. The van der Waals surface area contributed by atoms with E-state index in [-0.39, 0.29) is 5.97 Å². The highest BCUT2D eigenvalue weighted by Crippen LogP contribution is 2.36. The molecule has 6 nitrogen and oxygen atoms in total. The Morgan fingerprint density at radius 1 is 1.34 bits per heavy atom. The van der Waals surface area contributed by atoms with Crippen LogP contribution in [-0.4, -0.2) is 39.4 Å². The Bertz CT molecular complexity index is 1010. The number of hydrogen-bond donors (Lipinski definition) is 1. The van der Waals surface area contributed by atoms with Gasteiger partial charge in [-0.2, -0.15) is 5.10 Å². The molecule has 0 amide bonds. The molecule has 2 heterocycles. The summed E-state index contributed by atoms with van der Waals surface area (Å²) in [6.07, 6.45) is 1.84. The third-order valence-electron chi connectivity index (χ3n) is 4.60. The Kier molecular flexibility index (Phi) is 6.66. The quantitative estimate of drug-likeness (QED) is 0.462. The van der Waals surface area contributed by atoms with Crippen molar-refractivity contribution in [3.8, 4) is 10.4 Å². The first-order valence-electron chi connectivity index (χ1n) is 9.26. The van der Waals surface area contributed by atoms with E-state index in [4.69, 9.17) is 17.0 Å². The number of thiophene rings is 1. The monoisotopic (exact) mass is 428 g/mol. The van der Waals surface area contributed by atoms with E-state index in [1.54, 1.807) is 6.92 Å². The zero-order valence-corrected chi connectivity index (χ0v) is 18.6. The highest BCUT2D eigenvalue weighted by molar-refractivity contribution is 7.80. The number of carbonyl (C=O) groups is 1. The van der Waals surface area contributed by atoms with Crippen LogP contribution in [-0.2, 0) is 18.3 Å². The van der Waals surface area contributed by atoms with Gasteiger partial charge < -0.3 is 15.0 Å². The summed E-state index contributed by atoms with van der Waals surface area (Å²) in [6.45, 7) is 4.76. The fraction of sp³-hybridized carbons (Fsp3) is 0.286. The molecule has 0 spiro atoms. The molecule has 152 valence electrons. The number of aromatic nitrogens is 2. The van der Waals surface area contributed by atoms with Gasteiger partial charge in [-0.1, -0.05) is 30.3 Å². The first-order chi connectivity index (χ1) is 13.9. The van der Waals surface area contributed by atoms with E-state index >= 15 is 0 Å². The first-order valence-corrected chi connectivity index (χ1v) is 10.5. The zero-order chi connectivity index (χ0) is 21.0. The summed E-state index contributed by atoms with van der Waals surface area (Å²) >= 11 is 7.07. The van der Waals surface area contributed by atoms with Gasteiger partial charge in [0.2, 0.25) is 0 Å². The number of thiocarbonyl (C=S) groups is 1. The van der Waals surface area contributed by atoms with Crippen LogP contribution in [0, 0.1) is 6.92 Å². The second kappa shape index (κ2) is 9.19. The lowest BCUT2D eigenvalue weighted by molar-refractivity contribution is 0.0528. The SMILES string of the molecule is CCOC(=O)c1cc(-c2ccccc2)sc1NC(=S)N(C)Cc1cnn(C)c1C. The minimum atomic E-state index is -0.359. The van der Waals surface area contributed by atoms with Gasteiger partial charge in [-0.25, -0.2) is 4.79 Å². The summed E-state index contributed by atoms with van der Waals surface area (Å²) in [5.74, 6) is -0.359. The summed E-state index contributed by atoms with van der Waals surface area (Å²) in [7, 11) is 3.83. The molecule has 0 saturated carbocycles. The van der Waals surface area contributed by atoms with Gasteiger partial charge in [-0.05, 0) is 37.7 Å². The topological polar surface area (TPSA) is 59.4 Å². The molecule has 0 bridgehead atoms. The number of ether oxygens (including phenoxy) is 1. The van der Waals surface area contributed by atoms with Gasteiger partial charge in [0, 0.05) is 36.8 Å². The second-order valence-electron chi connectivity index (χ2n) is 6.60. The number of carbonyl (C=O) groups excluding carboxylic acids is 1. The van der Waals surface area contributed by atoms with E-state index in [1.165, 1.54) is 11.3 Å². The Balaban J connectivity index is 1.82. The van der Waals surface area contributed by atoms with Gasteiger partial charge in [0.25, 0.3) is 0 Å². The summed E-state index contributed by atoms with van der Waals surface area (Å²) in [5, 5.41) is 8.72. The maximum Gasteiger partial charge on any atom is 0.341 e. The van der Waals surface area contributed by atoms with Crippen LogP contribution in [0.25, 0.3) is 10.4 Å². The van der Waals surface area contributed by atoms with Crippen molar-refractivity contribution in [3.63, 3.8) is 0 Å². The molecule has 0 radical (unpaired) electrons. The van der Waals surface area contributed by atoms with Crippen molar-refractivity contribution in [1.29, 1.82) is 0 Å². The zero-order valence-electron chi connectivity index (χ0n) is 16.9. The molecule has 0 aliphatic carbocycles. The van der Waals surface area contributed by atoms with Gasteiger partial charge in [-0.3, -0.25) is 4.68 Å². The Labute approximate surface area is 180 Å². The molecule has 3 rings (SSSR count). The molecule has 0 atom stereocenters. The lowest BCUT2D eigenvalue weighted by atomic mass is 10.1. The van der Waals surface area contributed by atoms with Crippen LogP contribution in [0.3, 0.4) is 0 Å². The third kappa shape index (κ3) is 4.83. The molecule has 2 aromatic heterocycles. The van der Waals surface area contributed by atoms with Crippen LogP contribution in [0.2, 0.25) is 0 Å². The molecule has 8 heteroatoms. The minimum absolute atomic E-state index is 0.319. The molecular weight excluding hydrogens is 404 g/mol. The van der Waals surface area contributed by atoms with Crippen molar-refractivity contribution in [1.82, 2.24) is 14.7 Å². The highest BCUT2D eigenvalue weighted by atomic mass is 32.1. The summed E-state index contributed by atoms with van der Waals surface area (Å²) in [4.78, 5) is 15.4. The van der Waals surface area contributed by atoms with Crippen molar-refractivity contribution < 1.29 is 9.53 Å². The lowest BCUT2D eigenvalue weighted by Gasteiger charge is -2.20. The normalized spacial score (nSPS) is 10.6. The third-order valence-corrected chi connectivity index (χ3v) is 6.11. The van der Waals surface area contributed by atoms with E-state index in [2.05, 4.69) is 10.4 Å². The number of aryl methyl sites for hydroxylation is 1. The summed E-state index contributed by atoms with van der Waals surface area (Å²) in [6, 6.07) is 11.8. The number of nitrogens with zero attached hydrogens (tertiary/aromatic N) is 3. The van der Waals surface area contributed by atoms with Crippen LogP contribution >= 0.6 is 23.6 Å². The molecule has 1 aromatic carbocycles.